The molecule has 0 aromatic carbocycles. The molecule has 1 heterocycles. The molecule has 70 valence electrons. The highest BCUT2D eigenvalue weighted by atomic mass is 16.5. The molecular weight excluding hydrogens is 148 g/mol. The van der Waals surface area contributed by atoms with Crippen molar-refractivity contribution in [3.05, 3.63) is 0 Å². The van der Waals surface area contributed by atoms with E-state index < -0.39 is 0 Å². The van der Waals surface area contributed by atoms with Gasteiger partial charge in [-0.25, -0.2) is 0 Å². The van der Waals surface area contributed by atoms with Gasteiger partial charge in [-0.05, 0) is 25.2 Å². The van der Waals surface area contributed by atoms with Crippen molar-refractivity contribution in [1.29, 1.82) is 0 Å². The Morgan fingerprint density at radius 2 is 1.75 bits per heavy atom. The van der Waals surface area contributed by atoms with Gasteiger partial charge >= 0.3 is 0 Å². The molecule has 2 unspecified atom stereocenters. The van der Waals surface area contributed by atoms with Crippen molar-refractivity contribution < 1.29 is 4.74 Å². The number of hydrogen-bond donors (Lipinski definition) is 0. The van der Waals surface area contributed by atoms with Gasteiger partial charge in [-0.1, -0.05) is 32.1 Å². The molecule has 1 saturated carbocycles. The van der Waals surface area contributed by atoms with Gasteiger partial charge < -0.3 is 4.74 Å². The molecule has 1 nitrogen and oxygen atoms in total. The molecule has 2 aliphatic rings. The number of hydrogen-bond acceptors (Lipinski definition) is 1. The zero-order chi connectivity index (χ0) is 8.39. The molecule has 0 spiro atoms. The highest BCUT2D eigenvalue weighted by Gasteiger charge is 2.32. The maximum absolute atomic E-state index is 5.62. The van der Waals surface area contributed by atoms with Gasteiger partial charge in [0.15, 0.2) is 0 Å². The van der Waals surface area contributed by atoms with Gasteiger partial charge in [0.2, 0.25) is 0 Å². The lowest BCUT2D eigenvalue weighted by atomic mass is 9.77. The number of ether oxygens (including phenoxy) is 1. The van der Waals surface area contributed by atoms with Gasteiger partial charge in [-0.15, -0.1) is 0 Å². The molecule has 2 atom stereocenters. The lowest BCUT2D eigenvalue weighted by Gasteiger charge is -2.28. The van der Waals surface area contributed by atoms with Crippen LogP contribution >= 0.6 is 0 Å². The molecule has 1 saturated heterocycles. The summed E-state index contributed by atoms with van der Waals surface area (Å²) >= 11 is 0. The summed E-state index contributed by atoms with van der Waals surface area (Å²) in [6, 6.07) is 0. The summed E-state index contributed by atoms with van der Waals surface area (Å²) in [6.07, 6.45) is 9.22. The fourth-order valence-corrected chi connectivity index (χ4v) is 2.93. The van der Waals surface area contributed by atoms with Gasteiger partial charge in [-0.2, -0.15) is 0 Å². The van der Waals surface area contributed by atoms with E-state index in [4.69, 9.17) is 4.74 Å². The summed E-state index contributed by atoms with van der Waals surface area (Å²) in [5.74, 6) is 1.89. The van der Waals surface area contributed by atoms with E-state index in [9.17, 15) is 0 Å². The summed E-state index contributed by atoms with van der Waals surface area (Å²) in [5.41, 5.74) is 0. The van der Waals surface area contributed by atoms with Crippen molar-refractivity contribution in [3.63, 3.8) is 0 Å². The summed E-state index contributed by atoms with van der Waals surface area (Å²) in [5, 5.41) is 0. The Balaban J connectivity index is 1.89. The van der Waals surface area contributed by atoms with Crippen LogP contribution in [0.25, 0.3) is 0 Å². The largest absolute Gasteiger partial charge is 0.378 e. The zero-order valence-corrected chi connectivity index (χ0v) is 8.09. The maximum Gasteiger partial charge on any atom is 0.0578 e. The predicted molar refractivity (Wildman–Crippen MR) is 50.1 cm³/mol. The lowest BCUT2D eigenvalue weighted by molar-refractivity contribution is 0.0818. The van der Waals surface area contributed by atoms with Gasteiger partial charge in [0, 0.05) is 6.61 Å². The molecule has 0 radical (unpaired) electrons. The van der Waals surface area contributed by atoms with Crippen LogP contribution < -0.4 is 0 Å². The zero-order valence-electron chi connectivity index (χ0n) is 8.09. The molecule has 1 heteroatoms. The van der Waals surface area contributed by atoms with E-state index in [1.807, 2.05) is 0 Å². The summed E-state index contributed by atoms with van der Waals surface area (Å²) in [7, 11) is 0. The van der Waals surface area contributed by atoms with E-state index in [-0.39, 0.29) is 0 Å². The summed E-state index contributed by atoms with van der Waals surface area (Å²) < 4.78 is 5.62. The molecule has 1 aliphatic heterocycles. The molecule has 0 amide bonds. The standard InChI is InChI=1S/C11H20O/c1-9-11(7-8-12-9)10-5-3-2-4-6-10/h9-11H,2-8H2,1H3. The van der Waals surface area contributed by atoms with Crippen LogP contribution in [0.3, 0.4) is 0 Å². The van der Waals surface area contributed by atoms with E-state index in [1.54, 1.807) is 0 Å². The highest BCUT2D eigenvalue weighted by molar-refractivity contribution is 4.81. The van der Waals surface area contributed by atoms with Gasteiger partial charge in [0.25, 0.3) is 0 Å². The molecule has 0 aromatic heterocycles. The lowest BCUT2D eigenvalue weighted by Crippen LogP contribution is -2.23. The van der Waals surface area contributed by atoms with Crippen LogP contribution in [0, 0.1) is 11.8 Å². The van der Waals surface area contributed by atoms with Crippen molar-refractivity contribution in [3.8, 4) is 0 Å². The van der Waals surface area contributed by atoms with Crippen LogP contribution in [0.15, 0.2) is 0 Å². The maximum atomic E-state index is 5.62. The minimum absolute atomic E-state index is 0.549. The van der Waals surface area contributed by atoms with Gasteiger partial charge in [0.05, 0.1) is 6.10 Å². The monoisotopic (exact) mass is 168 g/mol. The minimum atomic E-state index is 0.549. The van der Waals surface area contributed by atoms with E-state index in [0.29, 0.717) is 6.10 Å². The van der Waals surface area contributed by atoms with E-state index >= 15 is 0 Å². The number of rotatable bonds is 1. The van der Waals surface area contributed by atoms with Gasteiger partial charge in [-0.3, -0.25) is 0 Å². The second-order valence-corrected chi connectivity index (χ2v) is 4.43. The van der Waals surface area contributed by atoms with Crippen LogP contribution in [-0.4, -0.2) is 12.7 Å². The average Bonchev–Trinajstić information content (AvgIpc) is 2.53. The second-order valence-electron chi connectivity index (χ2n) is 4.43. The van der Waals surface area contributed by atoms with E-state index in [2.05, 4.69) is 6.92 Å². The first-order chi connectivity index (χ1) is 5.88. The van der Waals surface area contributed by atoms with Crippen molar-refractivity contribution in [2.45, 2.75) is 51.6 Å². The molecule has 12 heavy (non-hydrogen) atoms. The minimum Gasteiger partial charge on any atom is -0.378 e. The van der Waals surface area contributed by atoms with Crippen molar-refractivity contribution >= 4 is 0 Å². The van der Waals surface area contributed by atoms with E-state index in [1.165, 1.54) is 38.5 Å². The van der Waals surface area contributed by atoms with Crippen molar-refractivity contribution in [2.75, 3.05) is 6.61 Å². The van der Waals surface area contributed by atoms with Crippen molar-refractivity contribution in [2.24, 2.45) is 11.8 Å². The molecular formula is C11H20O. The third-order valence-corrected chi connectivity index (χ3v) is 3.69. The predicted octanol–water partition coefficient (Wildman–Crippen LogP) is 2.99. The van der Waals surface area contributed by atoms with Crippen LogP contribution in [-0.2, 0) is 4.74 Å². The highest BCUT2D eigenvalue weighted by Crippen LogP contribution is 2.37. The fraction of sp³-hybridized carbons (Fsp3) is 1.00. The molecule has 2 rings (SSSR count). The topological polar surface area (TPSA) is 9.23 Å². The quantitative estimate of drug-likeness (QED) is 0.585. The first kappa shape index (κ1) is 8.55. The molecule has 0 bridgehead atoms. The third kappa shape index (κ3) is 1.66. The Kier molecular flexibility index (Phi) is 2.69. The Morgan fingerprint density at radius 3 is 2.33 bits per heavy atom. The normalized spacial score (nSPS) is 38.8. The molecule has 2 fully saturated rings. The Bertz CT molecular complexity index is 138. The smallest absolute Gasteiger partial charge is 0.0578 e. The third-order valence-electron chi connectivity index (χ3n) is 3.69. The first-order valence-corrected chi connectivity index (χ1v) is 5.49. The SMILES string of the molecule is CC1OCCC1C1CCCCC1. The second kappa shape index (κ2) is 3.78. The Hall–Kier alpha value is -0.0400. The van der Waals surface area contributed by atoms with Crippen LogP contribution in [0.2, 0.25) is 0 Å². The molecule has 0 aromatic rings. The van der Waals surface area contributed by atoms with Crippen molar-refractivity contribution in [1.82, 2.24) is 0 Å². The van der Waals surface area contributed by atoms with Gasteiger partial charge in [0.1, 0.15) is 0 Å². The first-order valence-electron chi connectivity index (χ1n) is 5.49. The average molecular weight is 168 g/mol. The Labute approximate surface area is 75.5 Å². The molecule has 1 aliphatic carbocycles. The van der Waals surface area contributed by atoms with E-state index in [0.717, 1.165) is 18.4 Å². The summed E-state index contributed by atoms with van der Waals surface area (Å²) in [4.78, 5) is 0. The van der Waals surface area contributed by atoms with Crippen LogP contribution in [0.1, 0.15) is 45.4 Å². The van der Waals surface area contributed by atoms with Crippen LogP contribution in [0.5, 0.6) is 0 Å². The molecule has 0 N–H and O–H groups in total. The Morgan fingerprint density at radius 1 is 1.00 bits per heavy atom. The fourth-order valence-electron chi connectivity index (χ4n) is 2.93. The van der Waals surface area contributed by atoms with Crippen LogP contribution in [0.4, 0.5) is 0 Å². The summed E-state index contributed by atoms with van der Waals surface area (Å²) in [6.45, 7) is 3.27.